The van der Waals surface area contributed by atoms with Crippen molar-refractivity contribution in [2.24, 2.45) is 23.7 Å². The number of aryl methyl sites for hydroxylation is 1. The molecule has 2 aromatic heterocycles. The Balaban J connectivity index is 0.000000265. The van der Waals surface area contributed by atoms with Crippen LogP contribution in [0.25, 0.3) is 30.3 Å². The third kappa shape index (κ3) is 4.06. The standard InChI is InChI=1S/C32H21NO2S2.C7H8.H3N/c34-31-25-23-19-12-6-7-13-20(19)24(26(25)32(35)33(31)18-10-2-1-3-11-18)29-27(23)30-28(37-29)21-14-16-8-4-5-9-17(16)15-22(21)36-30;1-7-5-3-2-4-6-7;/h1-15,19-20,23-26H;2-6H,1H3;1H3/t19?,20?,23-,24+,25?,26?;;/m1../s1/i/hT2D. The number of fused-ring (bicyclic) bond motifs is 4. The van der Waals surface area contributed by atoms with Crippen LogP contribution in [0.2, 0.25) is 4.24 Å². The zero-order valence-corrected chi connectivity index (χ0v) is 26.2. The maximum absolute atomic E-state index is 14.1. The van der Waals surface area contributed by atoms with Gasteiger partial charge in [0.05, 0.1) is 26.9 Å². The second-order valence-corrected chi connectivity index (χ2v) is 14.5. The minimum atomic E-state index is -0.301. The first-order valence-electron chi connectivity index (χ1n) is 16.6. The van der Waals surface area contributed by atoms with Crippen molar-refractivity contribution in [3.05, 3.63) is 137 Å². The fourth-order valence-electron chi connectivity index (χ4n) is 8.26. The van der Waals surface area contributed by atoms with Crippen molar-refractivity contribution >= 4 is 70.4 Å². The molecule has 1 aliphatic heterocycles. The van der Waals surface area contributed by atoms with E-state index in [1.165, 1.54) is 51.2 Å². The zero-order chi connectivity index (χ0) is 33.1. The first-order chi connectivity index (χ1) is 23.3. The number of nitrogens with zero attached hydrogens (tertiary/aromatic N) is 1. The second kappa shape index (κ2) is 10.6. The third-order valence-electron chi connectivity index (χ3n) is 10.0. The molecule has 4 unspecified atom stereocenters. The summed E-state index contributed by atoms with van der Waals surface area (Å²) in [5, 5.41) is 3.82. The van der Waals surface area contributed by atoms with E-state index in [2.05, 4.69) is 79.8 Å². The molecule has 11 rings (SSSR count). The van der Waals surface area contributed by atoms with Gasteiger partial charge in [-0.1, -0.05) is 103 Å². The van der Waals surface area contributed by atoms with Crippen LogP contribution in [0.5, 0.6) is 0 Å². The van der Waals surface area contributed by atoms with E-state index in [1.807, 2.05) is 71.2 Å². The van der Waals surface area contributed by atoms with Gasteiger partial charge in [0.2, 0.25) is 11.8 Å². The molecule has 6 atom stereocenters. The lowest BCUT2D eigenvalue weighted by Gasteiger charge is -2.51. The van der Waals surface area contributed by atoms with E-state index in [1.54, 1.807) is 0 Å². The van der Waals surface area contributed by atoms with Gasteiger partial charge in [-0.2, -0.15) is 0 Å². The van der Waals surface area contributed by atoms with Crippen LogP contribution in [0.15, 0.2) is 121 Å². The van der Waals surface area contributed by atoms with Gasteiger partial charge in [0.25, 0.3) is 0 Å². The number of benzene rings is 4. The molecule has 2 amide bonds. The maximum Gasteiger partial charge on any atom is 0.238 e. The van der Waals surface area contributed by atoms with E-state index in [4.69, 9.17) is 4.24 Å². The summed E-state index contributed by atoms with van der Waals surface area (Å²) >= 11 is 3.75. The molecule has 1 saturated carbocycles. The van der Waals surface area contributed by atoms with Gasteiger partial charge in [-0.05, 0) is 59.4 Å². The average Bonchev–Trinajstić information content (AvgIpc) is 3.72. The van der Waals surface area contributed by atoms with Gasteiger partial charge in [0, 0.05) is 26.8 Å². The number of allylic oxidation sites excluding steroid dienone is 4. The molecule has 6 aromatic rings. The molecule has 4 nitrogen and oxygen atoms in total. The van der Waals surface area contributed by atoms with Crippen molar-refractivity contribution < 1.29 is 13.8 Å². The molecule has 222 valence electrons. The predicted octanol–water partition coefficient (Wildman–Crippen LogP) is 9.78. The molecule has 2 bridgehead atoms. The molecule has 0 radical (unpaired) electrons. The molecular weight excluding hydrogens is 593 g/mol. The van der Waals surface area contributed by atoms with Crippen molar-refractivity contribution in [1.29, 1.82) is 0 Å². The highest BCUT2D eigenvalue weighted by molar-refractivity contribution is 7.33. The molecule has 5 aliphatic rings. The summed E-state index contributed by atoms with van der Waals surface area (Å²) < 4.78 is 21.2. The molecular formula is C39H32N2O2S2. The van der Waals surface area contributed by atoms with Gasteiger partial charge in [-0.3, -0.25) is 14.5 Å². The average molecular weight is 630 g/mol. The highest BCUT2D eigenvalue weighted by Crippen LogP contribution is 2.68. The molecule has 1 saturated heterocycles. The van der Waals surface area contributed by atoms with E-state index in [-0.39, 0.29) is 53.5 Å². The van der Waals surface area contributed by atoms with E-state index >= 15 is 0 Å². The van der Waals surface area contributed by atoms with Crippen molar-refractivity contribution in [2.75, 3.05) is 4.90 Å². The van der Waals surface area contributed by atoms with Crippen molar-refractivity contribution in [1.82, 2.24) is 6.13 Å². The molecule has 6 heteroatoms. The Kier molecular flexibility index (Phi) is 5.88. The second-order valence-electron chi connectivity index (χ2n) is 12.4. The number of rotatable bonds is 1. The summed E-state index contributed by atoms with van der Waals surface area (Å²) in [5.41, 5.74) is 3.37. The minimum Gasteiger partial charge on any atom is -0.344 e. The largest absolute Gasteiger partial charge is 0.344 e. The van der Waals surface area contributed by atoms with Crippen LogP contribution in [-0.2, 0) is 9.59 Å². The van der Waals surface area contributed by atoms with E-state index < -0.39 is 0 Å². The predicted molar refractivity (Wildman–Crippen MR) is 188 cm³/mol. The van der Waals surface area contributed by atoms with Crippen LogP contribution in [0.4, 0.5) is 5.69 Å². The van der Waals surface area contributed by atoms with Crippen molar-refractivity contribution in [2.45, 2.75) is 18.8 Å². The lowest BCUT2D eigenvalue weighted by molar-refractivity contribution is -0.125. The lowest BCUT2D eigenvalue weighted by atomic mass is 9.50. The van der Waals surface area contributed by atoms with Crippen LogP contribution in [0.1, 0.15) is 27.8 Å². The van der Waals surface area contributed by atoms with Crippen LogP contribution >= 0.6 is 22.7 Å². The van der Waals surface area contributed by atoms with Gasteiger partial charge < -0.3 is 6.13 Å². The molecule has 4 aromatic carbocycles. The van der Waals surface area contributed by atoms with Crippen molar-refractivity contribution in [3.8, 4) is 0 Å². The molecule has 2 fully saturated rings. The van der Waals surface area contributed by atoms with E-state index in [0.29, 0.717) is 5.69 Å². The van der Waals surface area contributed by atoms with Gasteiger partial charge in [-0.15, -0.1) is 22.7 Å². The van der Waals surface area contributed by atoms with Gasteiger partial charge in [-0.25, -0.2) is 0 Å². The molecule has 45 heavy (non-hydrogen) atoms. The Morgan fingerprint density at radius 3 is 1.96 bits per heavy atom. The molecule has 4 aliphatic carbocycles. The van der Waals surface area contributed by atoms with Gasteiger partial charge in [0.1, 0.15) is 4.24 Å². The Bertz CT molecular complexity index is 2240. The number of para-hydroxylation sites is 1. The number of carbonyl (C=O) groups is 2. The summed E-state index contributed by atoms with van der Waals surface area (Å²) in [7, 11) is 0. The quantitative estimate of drug-likeness (QED) is 0.184. The zero-order valence-electron chi connectivity index (χ0n) is 27.5. The van der Waals surface area contributed by atoms with E-state index in [9.17, 15) is 9.59 Å². The van der Waals surface area contributed by atoms with Crippen LogP contribution in [0.3, 0.4) is 0 Å². The number of amides is 2. The first-order valence-corrected chi connectivity index (χ1v) is 16.9. The normalized spacial score (nSPS) is 26.4. The van der Waals surface area contributed by atoms with Crippen LogP contribution in [0, 0.1) is 30.6 Å². The summed E-state index contributed by atoms with van der Waals surface area (Å²) in [6.07, 6.45) is 8.61. The highest BCUT2D eigenvalue weighted by atomic mass is 32.1. The molecule has 3 N–H and O–H groups in total. The summed E-state index contributed by atoms with van der Waals surface area (Å²) in [6.45, 7) is 2.08. The smallest absolute Gasteiger partial charge is 0.238 e. The summed E-state index contributed by atoms with van der Waals surface area (Å²) in [5.74, 6) is -0.0501. The maximum atomic E-state index is 14.1. The summed E-state index contributed by atoms with van der Waals surface area (Å²) in [4.78, 5) is 30.9. The number of carbonyl (C=O) groups excluding carboxylic acids is 2. The monoisotopic (exact) mass is 629 g/mol. The topological polar surface area (TPSA) is 72.4 Å². The third-order valence-corrected chi connectivity index (χ3v) is 12.7. The summed E-state index contributed by atoms with van der Waals surface area (Å²) in [6, 6.07) is 32.9. The van der Waals surface area contributed by atoms with Crippen molar-refractivity contribution in [3.63, 3.8) is 0 Å². The van der Waals surface area contributed by atoms with Crippen LogP contribution in [-0.4, -0.2) is 11.8 Å². The lowest BCUT2D eigenvalue weighted by Crippen LogP contribution is -2.48. The molecule has 0 spiro atoms. The Labute approximate surface area is 274 Å². The fraction of sp³-hybridized carbons (Fsp3) is 0.179. The highest BCUT2D eigenvalue weighted by Gasteiger charge is 2.66. The Morgan fingerprint density at radius 1 is 0.733 bits per heavy atom. The van der Waals surface area contributed by atoms with Gasteiger partial charge >= 0.3 is 0 Å². The minimum absolute atomic E-state index is 0.0177. The number of imide groups is 1. The first kappa shape index (κ1) is 24.9. The Hall–Kier alpha value is -4.36. The van der Waals surface area contributed by atoms with Crippen LogP contribution < -0.4 is 11.0 Å². The fourth-order valence-corrected chi connectivity index (χ4v) is 11.4. The van der Waals surface area contributed by atoms with Gasteiger partial charge in [0.15, 0.2) is 0 Å². The SMILES string of the molecule is Cc1ccccc1.O=C1C2C(C(=O)N1c1ccccc1)[C@H]1c3sc4c(sc5cc6ccccc6cc54)c3[C@@H]2C2C=CC=CC21.[2H]N([3H])[3H]. The number of thiophene rings is 2. The Morgan fingerprint density at radius 2 is 1.31 bits per heavy atom. The number of hydrogen-bond donors (Lipinski definition) is 1. The number of anilines is 1. The van der Waals surface area contributed by atoms with E-state index in [0.717, 1.165) is 0 Å². The number of hydrogen-bond acceptors (Lipinski definition) is 5. The molecule has 3 heterocycles.